The number of hydrogen-bond acceptors (Lipinski definition) is 5. The number of aryl methyl sites for hydroxylation is 1. The van der Waals surface area contributed by atoms with Crippen molar-refractivity contribution < 1.29 is 4.74 Å². The van der Waals surface area contributed by atoms with Gasteiger partial charge in [0.05, 0.1) is 29.8 Å². The second-order valence-electron chi connectivity index (χ2n) is 5.08. The molecule has 0 radical (unpaired) electrons. The summed E-state index contributed by atoms with van der Waals surface area (Å²) in [5.41, 5.74) is 2.83. The molecule has 0 atom stereocenters. The third kappa shape index (κ3) is 1.85. The minimum Gasteiger partial charge on any atom is -0.479 e. The van der Waals surface area contributed by atoms with Gasteiger partial charge in [-0.3, -0.25) is 0 Å². The molecule has 7 nitrogen and oxygen atoms in total. The molecule has 1 aromatic carbocycles. The minimum absolute atomic E-state index is 0.450. The minimum atomic E-state index is 0.450. The lowest BCUT2D eigenvalue weighted by Crippen LogP contribution is -2.03. The van der Waals surface area contributed by atoms with Gasteiger partial charge in [0, 0.05) is 24.8 Å². The highest BCUT2D eigenvalue weighted by Crippen LogP contribution is 2.31. The molecule has 0 spiro atoms. The number of imidazole rings is 1. The molecule has 23 heavy (non-hydrogen) atoms. The van der Waals surface area contributed by atoms with E-state index in [1.54, 1.807) is 24.1 Å². The number of benzene rings is 1. The lowest BCUT2D eigenvalue weighted by Gasteiger charge is -2.06. The van der Waals surface area contributed by atoms with Crippen LogP contribution in [0.1, 0.15) is 5.56 Å². The van der Waals surface area contributed by atoms with Crippen molar-refractivity contribution in [3.05, 3.63) is 42.2 Å². The van der Waals surface area contributed by atoms with Gasteiger partial charge in [-0.25, -0.2) is 14.6 Å². The summed E-state index contributed by atoms with van der Waals surface area (Å²) in [6, 6.07) is 9.37. The summed E-state index contributed by atoms with van der Waals surface area (Å²) in [4.78, 5) is 9.12. The fraction of sp³-hybridized carbons (Fsp3) is 0.125. The van der Waals surface area contributed by atoms with Crippen LogP contribution < -0.4 is 4.74 Å². The van der Waals surface area contributed by atoms with Crippen molar-refractivity contribution in [1.29, 1.82) is 5.26 Å². The Bertz CT molecular complexity index is 1070. The van der Waals surface area contributed by atoms with Crippen LogP contribution >= 0.6 is 0 Å². The van der Waals surface area contributed by atoms with E-state index in [4.69, 9.17) is 10.00 Å². The van der Waals surface area contributed by atoms with Crippen molar-refractivity contribution in [2.75, 3.05) is 7.11 Å². The zero-order valence-corrected chi connectivity index (χ0v) is 12.6. The molecule has 0 aliphatic carbocycles. The number of nitriles is 1. The number of hydrogen-bond donors (Lipinski definition) is 0. The zero-order valence-electron chi connectivity index (χ0n) is 12.6. The third-order valence-corrected chi connectivity index (χ3v) is 3.78. The number of ether oxygens (including phenoxy) is 1. The van der Waals surface area contributed by atoms with Gasteiger partial charge in [0.1, 0.15) is 0 Å². The monoisotopic (exact) mass is 304 g/mol. The topological polar surface area (TPSA) is 81.6 Å². The fourth-order valence-corrected chi connectivity index (χ4v) is 2.73. The predicted molar refractivity (Wildman–Crippen MR) is 84.4 cm³/mol. The molecule has 0 N–H and O–H groups in total. The van der Waals surface area contributed by atoms with Gasteiger partial charge >= 0.3 is 0 Å². The summed E-state index contributed by atoms with van der Waals surface area (Å²) >= 11 is 0. The maximum atomic E-state index is 9.16. The van der Waals surface area contributed by atoms with E-state index >= 15 is 0 Å². The lowest BCUT2D eigenvalue weighted by molar-refractivity contribution is 0.404. The summed E-state index contributed by atoms with van der Waals surface area (Å²) in [6.45, 7) is 0. The summed E-state index contributed by atoms with van der Waals surface area (Å²) in [7, 11) is 3.48. The quantitative estimate of drug-likeness (QED) is 0.567. The van der Waals surface area contributed by atoms with Crippen LogP contribution in [-0.4, -0.2) is 31.4 Å². The first-order chi connectivity index (χ1) is 11.2. The first-order valence-electron chi connectivity index (χ1n) is 6.97. The molecule has 0 saturated heterocycles. The predicted octanol–water partition coefficient (Wildman–Crippen LogP) is 2.19. The zero-order chi connectivity index (χ0) is 16.0. The Morgan fingerprint density at radius 1 is 1.26 bits per heavy atom. The van der Waals surface area contributed by atoms with Gasteiger partial charge in [0.25, 0.3) is 0 Å². The molecular weight excluding hydrogens is 292 g/mol. The first-order valence-corrected chi connectivity index (χ1v) is 6.97. The van der Waals surface area contributed by atoms with Crippen LogP contribution in [0.15, 0.2) is 36.7 Å². The number of nitrogens with zero attached hydrogens (tertiary/aromatic N) is 6. The molecule has 0 bridgehead atoms. The van der Waals surface area contributed by atoms with Gasteiger partial charge in [0.15, 0.2) is 5.52 Å². The summed E-state index contributed by atoms with van der Waals surface area (Å²) in [5, 5.41) is 14.2. The maximum absolute atomic E-state index is 9.16. The van der Waals surface area contributed by atoms with Crippen LogP contribution in [0, 0.1) is 11.3 Å². The van der Waals surface area contributed by atoms with Crippen molar-refractivity contribution in [3.8, 4) is 17.9 Å². The number of fused-ring (bicyclic) bond motifs is 3. The molecule has 112 valence electrons. The van der Waals surface area contributed by atoms with Crippen LogP contribution in [0.4, 0.5) is 0 Å². The van der Waals surface area contributed by atoms with Crippen LogP contribution in [0.5, 0.6) is 5.88 Å². The van der Waals surface area contributed by atoms with Crippen LogP contribution in [0.2, 0.25) is 0 Å². The Hall–Kier alpha value is -3.40. The second kappa shape index (κ2) is 4.81. The standard InChI is InChI=1S/C16H12N6O/c1-21-14-11-8-10(9-17)4-5-12(11)19-15(23-2)13(14)20-16(21)22-7-3-6-18-22/h3-8H,1-2H3. The van der Waals surface area contributed by atoms with Gasteiger partial charge in [-0.15, -0.1) is 0 Å². The van der Waals surface area contributed by atoms with Crippen molar-refractivity contribution in [2.45, 2.75) is 0 Å². The Balaban J connectivity index is 2.18. The average Bonchev–Trinajstić information content (AvgIpc) is 3.21. The number of pyridine rings is 1. The first kappa shape index (κ1) is 13.3. The molecule has 0 unspecified atom stereocenters. The van der Waals surface area contributed by atoms with E-state index in [1.165, 1.54) is 0 Å². The molecule has 0 amide bonds. The molecule has 3 aromatic heterocycles. The van der Waals surface area contributed by atoms with E-state index in [0.29, 0.717) is 22.9 Å². The lowest BCUT2D eigenvalue weighted by atomic mass is 10.1. The molecule has 0 aliphatic rings. The highest BCUT2D eigenvalue weighted by Gasteiger charge is 2.18. The third-order valence-electron chi connectivity index (χ3n) is 3.78. The van der Waals surface area contributed by atoms with E-state index in [-0.39, 0.29) is 0 Å². The molecule has 4 aromatic rings. The van der Waals surface area contributed by atoms with Crippen molar-refractivity contribution in [2.24, 2.45) is 7.05 Å². The molecule has 7 heteroatoms. The van der Waals surface area contributed by atoms with E-state index in [2.05, 4.69) is 21.1 Å². The van der Waals surface area contributed by atoms with Crippen LogP contribution in [0.3, 0.4) is 0 Å². The van der Waals surface area contributed by atoms with Gasteiger partial charge < -0.3 is 9.30 Å². The molecule has 4 rings (SSSR count). The van der Waals surface area contributed by atoms with Gasteiger partial charge in [-0.05, 0) is 24.3 Å². The number of aromatic nitrogens is 5. The van der Waals surface area contributed by atoms with E-state index in [0.717, 1.165) is 16.4 Å². The summed E-state index contributed by atoms with van der Waals surface area (Å²) in [6.07, 6.45) is 3.52. The second-order valence-corrected chi connectivity index (χ2v) is 5.08. The Morgan fingerprint density at radius 2 is 2.13 bits per heavy atom. The van der Waals surface area contributed by atoms with Crippen molar-refractivity contribution >= 4 is 21.9 Å². The van der Waals surface area contributed by atoms with Crippen molar-refractivity contribution in [1.82, 2.24) is 24.3 Å². The SMILES string of the molecule is COc1nc2ccc(C#N)cc2c2c1nc(-n1cccn1)n2C. The van der Waals surface area contributed by atoms with Crippen LogP contribution in [0.25, 0.3) is 27.9 Å². The maximum Gasteiger partial charge on any atom is 0.242 e. The number of methoxy groups -OCH3 is 1. The average molecular weight is 304 g/mol. The van der Waals surface area contributed by atoms with Gasteiger partial charge in [-0.1, -0.05) is 0 Å². The molecule has 0 aliphatic heterocycles. The smallest absolute Gasteiger partial charge is 0.242 e. The van der Waals surface area contributed by atoms with E-state index in [1.807, 2.05) is 36.0 Å². The van der Waals surface area contributed by atoms with Crippen molar-refractivity contribution in [3.63, 3.8) is 0 Å². The Morgan fingerprint density at radius 3 is 2.83 bits per heavy atom. The molecule has 0 fully saturated rings. The van der Waals surface area contributed by atoms with Gasteiger partial charge in [-0.2, -0.15) is 10.4 Å². The molecule has 3 heterocycles. The fourth-order valence-electron chi connectivity index (χ4n) is 2.73. The summed E-state index contributed by atoms with van der Waals surface area (Å²) in [5.74, 6) is 1.10. The largest absolute Gasteiger partial charge is 0.479 e. The van der Waals surface area contributed by atoms with Gasteiger partial charge in [0.2, 0.25) is 11.8 Å². The Kier molecular flexibility index (Phi) is 2.78. The van der Waals surface area contributed by atoms with Crippen LogP contribution in [-0.2, 0) is 7.05 Å². The van der Waals surface area contributed by atoms with E-state index < -0.39 is 0 Å². The summed E-state index contributed by atoms with van der Waals surface area (Å²) < 4.78 is 9.00. The molecule has 0 saturated carbocycles. The normalized spacial score (nSPS) is 11.0. The van der Waals surface area contributed by atoms with E-state index in [9.17, 15) is 0 Å². The molecular formula is C16H12N6O. The highest BCUT2D eigenvalue weighted by atomic mass is 16.5. The Labute approximate surface area is 131 Å². The highest BCUT2D eigenvalue weighted by molar-refractivity contribution is 6.05. The number of rotatable bonds is 2.